The smallest absolute Gasteiger partial charge is 0.119 e. The fourth-order valence-electron chi connectivity index (χ4n) is 1.31. The van der Waals surface area contributed by atoms with Crippen molar-refractivity contribution >= 4 is 0 Å². The van der Waals surface area contributed by atoms with Gasteiger partial charge in [-0.2, -0.15) is 5.26 Å². The molecule has 16 heavy (non-hydrogen) atoms. The number of nitriles is 1. The Labute approximate surface area is 97.0 Å². The Bertz CT molecular complexity index is 327. The van der Waals surface area contributed by atoms with Crippen LogP contribution < -0.4 is 10.1 Å². The third-order valence-electron chi connectivity index (χ3n) is 2.20. The molecule has 0 amide bonds. The van der Waals surface area contributed by atoms with Crippen LogP contribution in [0.2, 0.25) is 0 Å². The molecule has 0 saturated carbocycles. The fourth-order valence-corrected chi connectivity index (χ4v) is 1.31. The highest BCUT2D eigenvalue weighted by molar-refractivity contribution is 5.27. The molecule has 1 aromatic carbocycles. The minimum Gasteiger partial charge on any atom is -0.494 e. The molecule has 0 aromatic heterocycles. The van der Waals surface area contributed by atoms with Crippen molar-refractivity contribution in [1.82, 2.24) is 5.32 Å². The summed E-state index contributed by atoms with van der Waals surface area (Å²) >= 11 is 0. The van der Waals surface area contributed by atoms with Crippen LogP contribution in [0.4, 0.5) is 0 Å². The maximum Gasteiger partial charge on any atom is 0.119 e. The predicted octanol–water partition coefficient (Wildman–Crippen LogP) is 2.48. The molecular formula is C13H18N2O. The average Bonchev–Trinajstić information content (AvgIpc) is 2.33. The lowest BCUT2D eigenvalue weighted by atomic mass is 10.2. The molecule has 0 heterocycles. The standard InChI is InChI=1S/C13H18N2O/c1-2-15-11-12-5-7-13(8-6-12)16-10-4-3-9-14/h5-8,15H,2-4,10-11H2,1H3. The zero-order valence-electron chi connectivity index (χ0n) is 9.70. The number of hydrogen-bond acceptors (Lipinski definition) is 3. The zero-order valence-corrected chi connectivity index (χ0v) is 9.70. The lowest BCUT2D eigenvalue weighted by molar-refractivity contribution is 0.312. The quantitative estimate of drug-likeness (QED) is 0.715. The van der Waals surface area contributed by atoms with Crippen LogP contribution in [-0.2, 0) is 6.54 Å². The third-order valence-corrected chi connectivity index (χ3v) is 2.20. The van der Waals surface area contributed by atoms with Gasteiger partial charge in [0.05, 0.1) is 12.7 Å². The van der Waals surface area contributed by atoms with E-state index in [1.807, 2.05) is 12.1 Å². The summed E-state index contributed by atoms with van der Waals surface area (Å²) in [5, 5.41) is 11.6. The molecule has 1 aromatic rings. The van der Waals surface area contributed by atoms with E-state index in [1.54, 1.807) is 0 Å². The number of nitrogens with zero attached hydrogens (tertiary/aromatic N) is 1. The number of rotatable bonds is 7. The summed E-state index contributed by atoms with van der Waals surface area (Å²) in [4.78, 5) is 0. The van der Waals surface area contributed by atoms with Gasteiger partial charge in [0.1, 0.15) is 5.75 Å². The molecule has 0 unspecified atom stereocenters. The second-order valence-electron chi connectivity index (χ2n) is 3.53. The van der Waals surface area contributed by atoms with Crippen LogP contribution in [-0.4, -0.2) is 13.2 Å². The summed E-state index contributed by atoms with van der Waals surface area (Å²) in [6, 6.07) is 10.2. The molecule has 0 saturated heterocycles. The van der Waals surface area contributed by atoms with Crippen molar-refractivity contribution in [3.05, 3.63) is 29.8 Å². The maximum atomic E-state index is 8.37. The Morgan fingerprint density at radius 2 is 2.06 bits per heavy atom. The van der Waals surface area contributed by atoms with Crippen molar-refractivity contribution < 1.29 is 4.74 Å². The first kappa shape index (κ1) is 12.5. The highest BCUT2D eigenvalue weighted by atomic mass is 16.5. The molecule has 0 radical (unpaired) electrons. The average molecular weight is 218 g/mol. The summed E-state index contributed by atoms with van der Waals surface area (Å²) < 4.78 is 5.50. The van der Waals surface area contributed by atoms with Gasteiger partial charge >= 0.3 is 0 Å². The second kappa shape index (κ2) is 7.72. The number of hydrogen-bond donors (Lipinski definition) is 1. The van der Waals surface area contributed by atoms with Crippen LogP contribution >= 0.6 is 0 Å². The van der Waals surface area contributed by atoms with E-state index in [1.165, 1.54) is 5.56 Å². The largest absolute Gasteiger partial charge is 0.494 e. The zero-order chi connectivity index (χ0) is 11.6. The lowest BCUT2D eigenvalue weighted by Gasteiger charge is -2.06. The second-order valence-corrected chi connectivity index (χ2v) is 3.53. The minimum atomic E-state index is 0.554. The molecular weight excluding hydrogens is 200 g/mol. The van der Waals surface area contributed by atoms with Gasteiger partial charge in [0.25, 0.3) is 0 Å². The van der Waals surface area contributed by atoms with Crippen LogP contribution in [0.15, 0.2) is 24.3 Å². The van der Waals surface area contributed by atoms with Crippen molar-refractivity contribution in [2.45, 2.75) is 26.3 Å². The van der Waals surface area contributed by atoms with Crippen molar-refractivity contribution in [2.24, 2.45) is 0 Å². The van der Waals surface area contributed by atoms with Gasteiger partial charge in [-0.15, -0.1) is 0 Å². The maximum absolute atomic E-state index is 8.37. The van der Waals surface area contributed by atoms with Gasteiger partial charge in [0, 0.05) is 13.0 Å². The van der Waals surface area contributed by atoms with Gasteiger partial charge in [0.2, 0.25) is 0 Å². The molecule has 0 aliphatic rings. The third kappa shape index (κ3) is 4.81. The van der Waals surface area contributed by atoms with Crippen LogP contribution in [0.5, 0.6) is 5.75 Å². The molecule has 0 fully saturated rings. The van der Waals surface area contributed by atoms with Gasteiger partial charge in [-0.1, -0.05) is 19.1 Å². The Kier molecular flexibility index (Phi) is 6.05. The van der Waals surface area contributed by atoms with Crippen LogP contribution in [0.25, 0.3) is 0 Å². The van der Waals surface area contributed by atoms with Crippen molar-refractivity contribution in [1.29, 1.82) is 5.26 Å². The Balaban J connectivity index is 2.31. The first-order chi connectivity index (χ1) is 7.86. The first-order valence-electron chi connectivity index (χ1n) is 5.66. The van der Waals surface area contributed by atoms with Crippen molar-refractivity contribution in [3.8, 4) is 11.8 Å². The van der Waals surface area contributed by atoms with E-state index in [9.17, 15) is 0 Å². The lowest BCUT2D eigenvalue weighted by Crippen LogP contribution is -2.11. The highest BCUT2D eigenvalue weighted by Crippen LogP contribution is 2.12. The van der Waals surface area contributed by atoms with E-state index in [2.05, 4.69) is 30.4 Å². The molecule has 86 valence electrons. The Morgan fingerprint density at radius 1 is 1.31 bits per heavy atom. The highest BCUT2D eigenvalue weighted by Gasteiger charge is 1.95. The molecule has 3 nitrogen and oxygen atoms in total. The van der Waals surface area contributed by atoms with E-state index in [0.717, 1.165) is 25.3 Å². The SMILES string of the molecule is CCNCc1ccc(OCCCC#N)cc1. The summed E-state index contributed by atoms with van der Waals surface area (Å²) in [6.07, 6.45) is 1.34. The molecule has 0 bridgehead atoms. The van der Waals surface area contributed by atoms with Gasteiger partial charge in [-0.3, -0.25) is 0 Å². The fraction of sp³-hybridized carbons (Fsp3) is 0.462. The van der Waals surface area contributed by atoms with Gasteiger partial charge in [-0.25, -0.2) is 0 Å². The molecule has 0 atom stereocenters. The van der Waals surface area contributed by atoms with Gasteiger partial charge in [-0.05, 0) is 30.7 Å². The monoisotopic (exact) mass is 218 g/mol. The molecule has 0 aliphatic heterocycles. The van der Waals surface area contributed by atoms with Crippen LogP contribution in [0, 0.1) is 11.3 Å². The van der Waals surface area contributed by atoms with E-state index in [4.69, 9.17) is 10.00 Å². The summed E-state index contributed by atoms with van der Waals surface area (Å²) in [5.74, 6) is 0.873. The van der Waals surface area contributed by atoms with E-state index >= 15 is 0 Å². The molecule has 0 spiro atoms. The summed E-state index contributed by atoms with van der Waals surface area (Å²) in [6.45, 7) is 4.57. The molecule has 3 heteroatoms. The van der Waals surface area contributed by atoms with Crippen LogP contribution in [0.3, 0.4) is 0 Å². The molecule has 1 rings (SSSR count). The van der Waals surface area contributed by atoms with Crippen LogP contribution in [0.1, 0.15) is 25.3 Å². The number of ether oxygens (including phenoxy) is 1. The van der Waals surface area contributed by atoms with Crippen molar-refractivity contribution in [2.75, 3.05) is 13.2 Å². The van der Waals surface area contributed by atoms with E-state index < -0.39 is 0 Å². The normalized spacial score (nSPS) is 9.75. The Hall–Kier alpha value is -1.53. The summed E-state index contributed by atoms with van der Waals surface area (Å²) in [5.41, 5.74) is 1.26. The Morgan fingerprint density at radius 3 is 2.69 bits per heavy atom. The van der Waals surface area contributed by atoms with Crippen molar-refractivity contribution in [3.63, 3.8) is 0 Å². The predicted molar refractivity (Wildman–Crippen MR) is 64.2 cm³/mol. The molecule has 0 aliphatic carbocycles. The first-order valence-corrected chi connectivity index (χ1v) is 5.66. The number of nitrogens with one attached hydrogen (secondary N) is 1. The van der Waals surface area contributed by atoms with Gasteiger partial charge in [0.15, 0.2) is 0 Å². The minimum absolute atomic E-state index is 0.554. The molecule has 1 N–H and O–H groups in total. The number of unbranched alkanes of at least 4 members (excludes halogenated alkanes) is 1. The van der Waals surface area contributed by atoms with E-state index in [0.29, 0.717) is 13.0 Å². The summed E-state index contributed by atoms with van der Waals surface area (Å²) in [7, 11) is 0. The van der Waals surface area contributed by atoms with E-state index in [-0.39, 0.29) is 0 Å². The topological polar surface area (TPSA) is 45.0 Å². The van der Waals surface area contributed by atoms with Gasteiger partial charge < -0.3 is 10.1 Å². The number of benzene rings is 1.